The summed E-state index contributed by atoms with van der Waals surface area (Å²) in [5, 5.41) is 5.62. The zero-order valence-corrected chi connectivity index (χ0v) is 29.9. The molecule has 6 rings (SSSR count). The molecule has 4 heteroatoms. The van der Waals surface area contributed by atoms with E-state index in [1.165, 1.54) is 66.5 Å². The van der Waals surface area contributed by atoms with E-state index >= 15 is 0 Å². The SMILES string of the molecule is CCCc1cc2c(-c3ccccc3C(C)C)c(C(C)(C)C)ccc2[cH-]1.[Cl][Zr+2][Cl].[c-]1cccc2c1[Si]c1ccccc1-2. The smallest absolute Gasteiger partial charge is 0.0920 e. The van der Waals surface area contributed by atoms with E-state index < -0.39 is 20.8 Å². The normalized spacial score (nSPS) is 11.6. The standard InChI is InChI=1S/C25H31.C12H7Si.2ClH.Zr/c1-7-10-18-15-19-13-14-23(25(4,5)6)24(22(19)16-18)21-12-9-8-11-20(21)17(2)3;1-3-7-11-9(5-1)10-6-2-4-8-12(10)13-11;;;/h8-9,11-17H,7,10H2,1-6H3;1-7H;2*1H;/q2*-1;;;+4/p-2. The van der Waals surface area contributed by atoms with Crippen LogP contribution < -0.4 is 10.4 Å². The molecule has 0 nitrogen and oxygen atoms in total. The summed E-state index contributed by atoms with van der Waals surface area (Å²) < 4.78 is 0. The Morgan fingerprint density at radius 3 is 2.22 bits per heavy atom. The van der Waals surface area contributed by atoms with E-state index in [2.05, 4.69) is 133 Å². The molecule has 1 aliphatic rings. The van der Waals surface area contributed by atoms with Gasteiger partial charge >= 0.3 is 37.9 Å². The Balaban J connectivity index is 0.000000200. The molecule has 0 aliphatic carbocycles. The molecule has 0 fully saturated rings. The first-order valence-corrected chi connectivity index (χ1v) is 21.7. The van der Waals surface area contributed by atoms with Crippen LogP contribution >= 0.6 is 17.0 Å². The molecular formula is C37H38Cl2SiZr. The summed E-state index contributed by atoms with van der Waals surface area (Å²) in [4.78, 5) is 0. The molecule has 1 aliphatic heterocycles. The fourth-order valence-electron chi connectivity index (χ4n) is 5.65. The first-order valence-electron chi connectivity index (χ1n) is 14.3. The van der Waals surface area contributed by atoms with Gasteiger partial charge in [0.2, 0.25) is 0 Å². The largest absolute Gasteiger partial charge is 0.184 e. The maximum absolute atomic E-state index is 4.93. The number of fused-ring (bicyclic) bond motifs is 4. The van der Waals surface area contributed by atoms with Gasteiger partial charge in [0.1, 0.15) is 0 Å². The molecule has 0 saturated heterocycles. The predicted molar refractivity (Wildman–Crippen MR) is 179 cm³/mol. The van der Waals surface area contributed by atoms with E-state index in [1.54, 1.807) is 0 Å². The van der Waals surface area contributed by atoms with Gasteiger partial charge in [0.05, 0.1) is 9.52 Å². The van der Waals surface area contributed by atoms with Crippen molar-refractivity contribution >= 4 is 47.7 Å². The van der Waals surface area contributed by atoms with Crippen LogP contribution in [-0.2, 0) is 32.7 Å². The average molecular weight is 673 g/mol. The van der Waals surface area contributed by atoms with Crippen molar-refractivity contribution < 1.29 is 20.8 Å². The van der Waals surface area contributed by atoms with Gasteiger partial charge in [0.15, 0.2) is 0 Å². The third-order valence-corrected chi connectivity index (χ3v) is 8.85. The van der Waals surface area contributed by atoms with Crippen LogP contribution in [0.1, 0.15) is 70.6 Å². The van der Waals surface area contributed by atoms with E-state index in [4.69, 9.17) is 17.0 Å². The van der Waals surface area contributed by atoms with Crippen molar-refractivity contribution in [3.63, 3.8) is 0 Å². The maximum Gasteiger partial charge on any atom is 0.0920 e. The third kappa shape index (κ3) is 7.58. The Bertz CT molecular complexity index is 1550. The number of halogens is 2. The molecule has 0 amide bonds. The molecule has 0 atom stereocenters. The van der Waals surface area contributed by atoms with Crippen molar-refractivity contribution in [2.24, 2.45) is 0 Å². The Morgan fingerprint density at radius 2 is 1.54 bits per heavy atom. The van der Waals surface area contributed by atoms with Gasteiger partial charge in [-0.05, 0) is 28.9 Å². The fourth-order valence-corrected chi connectivity index (χ4v) is 6.96. The molecule has 0 spiro atoms. The van der Waals surface area contributed by atoms with Gasteiger partial charge in [-0.2, -0.15) is 35.5 Å². The average Bonchev–Trinajstić information content (AvgIpc) is 3.54. The minimum atomic E-state index is -0.826. The first kappa shape index (κ1) is 32.1. The molecule has 0 N–H and O–H groups in total. The minimum Gasteiger partial charge on any atom is -0.184 e. The molecule has 0 unspecified atom stereocenters. The number of aryl methyl sites for hydroxylation is 1. The van der Waals surface area contributed by atoms with Crippen molar-refractivity contribution in [1.29, 1.82) is 0 Å². The second-order valence-electron chi connectivity index (χ2n) is 11.8. The van der Waals surface area contributed by atoms with Crippen LogP contribution in [0.25, 0.3) is 33.0 Å². The third-order valence-electron chi connectivity index (χ3n) is 7.48. The van der Waals surface area contributed by atoms with Crippen LogP contribution in [0.3, 0.4) is 0 Å². The summed E-state index contributed by atoms with van der Waals surface area (Å²) in [6.45, 7) is 13.8. The summed E-state index contributed by atoms with van der Waals surface area (Å²) in [6.07, 6.45) is 2.35. The van der Waals surface area contributed by atoms with E-state index in [9.17, 15) is 0 Å². The monoisotopic (exact) mass is 670 g/mol. The van der Waals surface area contributed by atoms with E-state index in [0.29, 0.717) is 5.92 Å². The number of rotatable bonds is 4. The molecule has 1 heterocycles. The molecule has 5 aromatic rings. The summed E-state index contributed by atoms with van der Waals surface area (Å²) in [7, 11) is 10.7. The Labute approximate surface area is 268 Å². The van der Waals surface area contributed by atoms with Crippen LogP contribution in [0.2, 0.25) is 0 Å². The summed E-state index contributed by atoms with van der Waals surface area (Å²) in [6, 6.07) is 36.6. The van der Waals surface area contributed by atoms with E-state index in [0.717, 1.165) is 15.9 Å². The van der Waals surface area contributed by atoms with Crippen molar-refractivity contribution in [2.45, 2.75) is 65.7 Å². The van der Waals surface area contributed by atoms with Gasteiger partial charge in [0, 0.05) is 0 Å². The van der Waals surface area contributed by atoms with E-state index in [1.807, 2.05) is 6.07 Å². The topological polar surface area (TPSA) is 0 Å². The second-order valence-corrected chi connectivity index (χ2v) is 16.8. The first-order chi connectivity index (χ1) is 19.7. The van der Waals surface area contributed by atoms with Gasteiger partial charge in [-0.3, -0.25) is 0 Å². The Kier molecular flexibility index (Phi) is 11.4. The number of benzene rings is 4. The molecule has 0 aromatic heterocycles. The van der Waals surface area contributed by atoms with Crippen LogP contribution in [0.5, 0.6) is 0 Å². The quantitative estimate of drug-likeness (QED) is 0.129. The second kappa shape index (κ2) is 14.6. The maximum atomic E-state index is 4.93. The molecule has 0 bridgehead atoms. The van der Waals surface area contributed by atoms with Gasteiger partial charge in [0.25, 0.3) is 0 Å². The molecule has 0 saturated carbocycles. The Morgan fingerprint density at radius 1 is 0.878 bits per heavy atom. The zero-order chi connectivity index (χ0) is 29.6. The van der Waals surface area contributed by atoms with Crippen LogP contribution in [-0.4, -0.2) is 9.52 Å². The minimum absolute atomic E-state index is 0.121. The van der Waals surface area contributed by atoms with E-state index in [-0.39, 0.29) is 5.41 Å². The van der Waals surface area contributed by atoms with Crippen LogP contribution in [0, 0.1) is 6.07 Å². The van der Waals surface area contributed by atoms with Crippen LogP contribution in [0.15, 0.2) is 91.0 Å². The molecule has 208 valence electrons. The molecular weight excluding hydrogens is 635 g/mol. The van der Waals surface area contributed by atoms with Crippen molar-refractivity contribution in [3.05, 3.63) is 114 Å². The summed E-state index contributed by atoms with van der Waals surface area (Å²) >= 11 is -0.826. The van der Waals surface area contributed by atoms with Crippen LogP contribution in [0.4, 0.5) is 0 Å². The fraction of sp³-hybridized carbons (Fsp3) is 0.270. The summed E-state index contributed by atoms with van der Waals surface area (Å²) in [5.41, 5.74) is 10.1. The molecule has 5 aromatic carbocycles. The number of hydrogen-bond donors (Lipinski definition) is 0. The van der Waals surface area contributed by atoms with Gasteiger partial charge in [-0.1, -0.05) is 118 Å². The molecule has 2 radical (unpaired) electrons. The molecule has 41 heavy (non-hydrogen) atoms. The van der Waals surface area contributed by atoms with Crippen molar-refractivity contribution in [3.8, 4) is 22.3 Å². The number of hydrogen-bond acceptors (Lipinski definition) is 0. The Hall–Kier alpha value is -1.83. The predicted octanol–water partition coefficient (Wildman–Crippen LogP) is 10.1. The van der Waals surface area contributed by atoms with Gasteiger partial charge < -0.3 is 0 Å². The van der Waals surface area contributed by atoms with Crippen molar-refractivity contribution in [1.82, 2.24) is 0 Å². The summed E-state index contributed by atoms with van der Waals surface area (Å²) in [5.74, 6) is 0.518. The van der Waals surface area contributed by atoms with Gasteiger partial charge in [-0.15, -0.1) is 40.1 Å². The zero-order valence-electron chi connectivity index (χ0n) is 24.9. The van der Waals surface area contributed by atoms with Gasteiger partial charge in [-0.25, -0.2) is 0 Å². The van der Waals surface area contributed by atoms with Crippen molar-refractivity contribution in [2.75, 3.05) is 0 Å².